The van der Waals surface area contributed by atoms with E-state index >= 15 is 0 Å². The second kappa shape index (κ2) is 5.71. The van der Waals surface area contributed by atoms with E-state index in [0.29, 0.717) is 5.32 Å². The number of carboxylic acids is 1. The molecule has 0 aliphatic heterocycles. The molecule has 60 valence electrons. The van der Waals surface area contributed by atoms with Gasteiger partial charge in [-0.2, -0.15) is 0 Å². The van der Waals surface area contributed by atoms with Gasteiger partial charge in [-0.25, -0.2) is 0 Å². The number of rotatable bonds is 5. The van der Waals surface area contributed by atoms with Crippen LogP contribution in [0.1, 0.15) is 13.3 Å². The zero-order valence-corrected chi connectivity index (χ0v) is 7.88. The normalized spacial score (nSPS) is 13.0. The fraction of sp³-hybridized carbons (Fsp3) is 0.833. The first-order chi connectivity index (χ1) is 4.72. The summed E-state index contributed by atoms with van der Waals surface area (Å²) in [7, 11) is 0. The number of hydrogen-bond donors (Lipinski definition) is 2. The molecule has 0 heterocycles. The second-order valence-electron chi connectivity index (χ2n) is 2.03. The molecule has 2 N–H and O–H groups in total. The summed E-state index contributed by atoms with van der Waals surface area (Å²) in [6.45, 7) is 2.78. The molecule has 0 saturated heterocycles. The van der Waals surface area contributed by atoms with Gasteiger partial charge in [0.1, 0.15) is 0 Å². The van der Waals surface area contributed by atoms with Crippen LogP contribution in [0.5, 0.6) is 0 Å². The van der Waals surface area contributed by atoms with Crippen molar-refractivity contribution in [2.45, 2.75) is 24.7 Å². The first-order valence-corrected chi connectivity index (χ1v) is 4.62. The van der Waals surface area contributed by atoms with Crippen molar-refractivity contribution in [1.29, 1.82) is 0 Å². The Morgan fingerprint density at radius 2 is 2.40 bits per heavy atom. The van der Waals surface area contributed by atoms with E-state index in [4.69, 9.17) is 5.11 Å². The quantitative estimate of drug-likeness (QED) is 0.615. The molecule has 0 aromatic carbocycles. The van der Waals surface area contributed by atoms with Crippen LogP contribution in [0.15, 0.2) is 0 Å². The molecule has 0 rings (SSSR count). The Kier molecular flexibility index (Phi) is 5.68. The number of nitrogens with one attached hydrogen (secondary N) is 1. The summed E-state index contributed by atoms with van der Waals surface area (Å²) in [6.07, 6.45) is 0.969. The van der Waals surface area contributed by atoms with Crippen LogP contribution in [0.25, 0.3) is 0 Å². The molecule has 0 aliphatic carbocycles. The van der Waals surface area contributed by atoms with Crippen LogP contribution >= 0.6 is 0 Å². The summed E-state index contributed by atoms with van der Waals surface area (Å²) in [4.78, 5) is 10.4. The predicted molar refractivity (Wildman–Crippen MR) is 41.7 cm³/mol. The Labute approximate surface area is 69.0 Å². The van der Waals surface area contributed by atoms with Gasteiger partial charge in [-0.1, -0.05) is 0 Å². The van der Waals surface area contributed by atoms with Crippen LogP contribution in [-0.2, 0) is 4.79 Å². The van der Waals surface area contributed by atoms with Crippen molar-refractivity contribution in [3.63, 3.8) is 0 Å². The van der Waals surface area contributed by atoms with Crippen LogP contribution in [0.2, 0.25) is 5.32 Å². The molecule has 3 nitrogen and oxygen atoms in total. The fourth-order valence-electron chi connectivity index (χ4n) is 0.549. The van der Waals surface area contributed by atoms with Gasteiger partial charge in [-0.3, -0.25) is 0 Å². The Morgan fingerprint density at radius 1 is 1.80 bits per heavy atom. The van der Waals surface area contributed by atoms with Gasteiger partial charge in [0.05, 0.1) is 0 Å². The monoisotopic (exact) mass is 211 g/mol. The van der Waals surface area contributed by atoms with E-state index in [1.165, 1.54) is 0 Å². The van der Waals surface area contributed by atoms with Crippen molar-refractivity contribution >= 4 is 22.0 Å². The average Bonchev–Trinajstić information content (AvgIpc) is 1.89. The van der Waals surface area contributed by atoms with Crippen molar-refractivity contribution < 1.29 is 9.90 Å². The molecule has 0 amide bonds. The average molecular weight is 210 g/mol. The fourth-order valence-corrected chi connectivity index (χ4v) is 1.15. The van der Waals surface area contributed by atoms with E-state index in [9.17, 15) is 4.79 Å². The van der Waals surface area contributed by atoms with Crippen molar-refractivity contribution in [2.24, 2.45) is 0 Å². The third-order valence-electron chi connectivity index (χ3n) is 1.12. The third-order valence-corrected chi connectivity index (χ3v) is 1.89. The zero-order chi connectivity index (χ0) is 7.98. The van der Waals surface area contributed by atoms with Gasteiger partial charge in [-0.15, -0.1) is 0 Å². The standard InChI is InChI=1S/C6H13NO2Se/c1-2-3-7-5(4-10)6(8)9/h5,7,10H,2-4H2,1H3,(H,8,9)/t5-/m0/s1. The number of carboxylic acid groups (broad SMARTS) is 1. The zero-order valence-electron chi connectivity index (χ0n) is 6.00. The van der Waals surface area contributed by atoms with E-state index in [2.05, 4.69) is 21.3 Å². The maximum atomic E-state index is 10.4. The molecule has 0 saturated carbocycles. The topological polar surface area (TPSA) is 49.3 Å². The van der Waals surface area contributed by atoms with E-state index in [-0.39, 0.29) is 6.04 Å². The van der Waals surface area contributed by atoms with E-state index in [1.807, 2.05) is 6.92 Å². The van der Waals surface area contributed by atoms with Gasteiger partial charge in [0, 0.05) is 0 Å². The van der Waals surface area contributed by atoms with Crippen LogP contribution in [0.4, 0.5) is 0 Å². The van der Waals surface area contributed by atoms with Crippen LogP contribution in [0, 0.1) is 0 Å². The maximum absolute atomic E-state index is 10.4. The van der Waals surface area contributed by atoms with Crippen LogP contribution in [-0.4, -0.2) is 39.7 Å². The molecule has 0 aromatic heterocycles. The third kappa shape index (κ3) is 3.88. The van der Waals surface area contributed by atoms with Crippen molar-refractivity contribution in [2.75, 3.05) is 6.54 Å². The van der Waals surface area contributed by atoms with Crippen molar-refractivity contribution in [3.8, 4) is 0 Å². The van der Waals surface area contributed by atoms with E-state index in [1.54, 1.807) is 0 Å². The van der Waals surface area contributed by atoms with E-state index in [0.717, 1.165) is 13.0 Å². The summed E-state index contributed by atoms with van der Waals surface area (Å²) in [6, 6.07) is -0.389. The Bertz CT molecular complexity index is 108. The molecule has 1 atom stereocenters. The second-order valence-corrected chi connectivity index (χ2v) is 2.79. The van der Waals surface area contributed by atoms with Gasteiger partial charge in [0.25, 0.3) is 0 Å². The van der Waals surface area contributed by atoms with Crippen molar-refractivity contribution in [3.05, 3.63) is 0 Å². The molecular weight excluding hydrogens is 197 g/mol. The Hall–Kier alpha value is -0.0505. The SMILES string of the molecule is CCCN[C@@H](C[SeH])C(=O)O. The summed E-state index contributed by atoms with van der Waals surface area (Å²) >= 11 is 2.28. The van der Waals surface area contributed by atoms with Gasteiger partial charge in [0.2, 0.25) is 0 Å². The van der Waals surface area contributed by atoms with Gasteiger partial charge < -0.3 is 0 Å². The van der Waals surface area contributed by atoms with Gasteiger partial charge in [0.15, 0.2) is 0 Å². The molecule has 0 aliphatic rings. The summed E-state index contributed by atoms with van der Waals surface area (Å²) in [5.41, 5.74) is 0. The molecule has 0 bridgehead atoms. The molecule has 0 fully saturated rings. The molecule has 0 aromatic rings. The summed E-state index contributed by atoms with van der Waals surface area (Å²) < 4.78 is 0. The number of carbonyl (C=O) groups is 1. The van der Waals surface area contributed by atoms with Gasteiger partial charge in [-0.05, 0) is 0 Å². The predicted octanol–water partition coefficient (Wildman–Crippen LogP) is -0.242. The molecule has 0 spiro atoms. The first-order valence-electron chi connectivity index (χ1n) is 3.29. The number of aliphatic carboxylic acids is 1. The molecule has 0 radical (unpaired) electrons. The van der Waals surface area contributed by atoms with Crippen LogP contribution < -0.4 is 5.32 Å². The first kappa shape index (κ1) is 9.95. The van der Waals surface area contributed by atoms with Crippen LogP contribution in [0.3, 0.4) is 0 Å². The van der Waals surface area contributed by atoms with Gasteiger partial charge >= 0.3 is 68.5 Å². The Balaban J connectivity index is 3.50. The van der Waals surface area contributed by atoms with Crippen molar-refractivity contribution in [1.82, 2.24) is 5.32 Å². The van der Waals surface area contributed by atoms with E-state index < -0.39 is 5.97 Å². The molecule has 10 heavy (non-hydrogen) atoms. The molecule has 4 heteroatoms. The minimum absolute atomic E-state index is 0.389. The minimum atomic E-state index is -0.769. The molecular formula is C6H13NO2Se. The number of hydrogen-bond acceptors (Lipinski definition) is 2. The molecule has 0 unspecified atom stereocenters. The Morgan fingerprint density at radius 3 is 2.70 bits per heavy atom. The summed E-state index contributed by atoms with van der Waals surface area (Å²) in [5.74, 6) is -0.769. The summed E-state index contributed by atoms with van der Waals surface area (Å²) in [5, 5.41) is 12.0.